The molecule has 1 saturated heterocycles. The van der Waals surface area contributed by atoms with Crippen LogP contribution in [-0.4, -0.2) is 30.6 Å². The molecule has 0 bridgehead atoms. The standard InChI is InChI=1S/C20H20BrNO3/c21-16-5-1-4-15(12-16)20(23)22-9-2-6-17(22)14-7-8-18-19(13-14)25-11-3-10-24-18/h1,4-5,7-8,12-13,17H,2-3,6,9-11H2/t17-/m0/s1. The van der Waals surface area contributed by atoms with Gasteiger partial charge in [-0.2, -0.15) is 0 Å². The third kappa shape index (κ3) is 3.38. The first-order valence-corrected chi connectivity index (χ1v) is 9.48. The van der Waals surface area contributed by atoms with E-state index in [1.807, 2.05) is 41.3 Å². The molecule has 0 radical (unpaired) electrons. The zero-order chi connectivity index (χ0) is 17.2. The predicted octanol–water partition coefficient (Wildman–Crippen LogP) is 4.59. The smallest absolute Gasteiger partial charge is 0.254 e. The van der Waals surface area contributed by atoms with Crippen molar-refractivity contribution < 1.29 is 14.3 Å². The number of amides is 1. The molecule has 25 heavy (non-hydrogen) atoms. The lowest BCUT2D eigenvalue weighted by atomic mass is 10.0. The molecule has 2 heterocycles. The van der Waals surface area contributed by atoms with Gasteiger partial charge in [-0.25, -0.2) is 0 Å². The van der Waals surface area contributed by atoms with E-state index in [-0.39, 0.29) is 11.9 Å². The third-order valence-electron chi connectivity index (χ3n) is 4.74. The van der Waals surface area contributed by atoms with Gasteiger partial charge in [0.25, 0.3) is 5.91 Å². The second kappa shape index (κ2) is 7.08. The topological polar surface area (TPSA) is 38.8 Å². The molecule has 5 heteroatoms. The number of hydrogen-bond donors (Lipinski definition) is 0. The Morgan fingerprint density at radius 3 is 2.72 bits per heavy atom. The molecule has 1 amide bonds. The lowest BCUT2D eigenvalue weighted by Gasteiger charge is -2.26. The molecule has 2 aliphatic heterocycles. The highest BCUT2D eigenvalue weighted by molar-refractivity contribution is 9.10. The minimum atomic E-state index is 0.0795. The van der Waals surface area contributed by atoms with Gasteiger partial charge in [0, 0.05) is 23.0 Å². The number of halogens is 1. The fourth-order valence-corrected chi connectivity index (χ4v) is 3.93. The number of rotatable bonds is 2. The van der Waals surface area contributed by atoms with Crippen molar-refractivity contribution in [2.45, 2.75) is 25.3 Å². The van der Waals surface area contributed by atoms with Gasteiger partial charge in [-0.15, -0.1) is 0 Å². The zero-order valence-electron chi connectivity index (χ0n) is 13.9. The van der Waals surface area contributed by atoms with Gasteiger partial charge in [-0.05, 0) is 48.7 Å². The Morgan fingerprint density at radius 2 is 1.88 bits per heavy atom. The number of benzene rings is 2. The van der Waals surface area contributed by atoms with Gasteiger partial charge in [0.15, 0.2) is 11.5 Å². The highest BCUT2D eigenvalue weighted by Crippen LogP contribution is 2.38. The number of ether oxygens (including phenoxy) is 2. The third-order valence-corrected chi connectivity index (χ3v) is 5.23. The molecule has 0 N–H and O–H groups in total. The summed E-state index contributed by atoms with van der Waals surface area (Å²) in [6.07, 6.45) is 2.87. The summed E-state index contributed by atoms with van der Waals surface area (Å²) in [5.74, 6) is 1.66. The Bertz CT molecular complexity index is 792. The summed E-state index contributed by atoms with van der Waals surface area (Å²) in [6, 6.07) is 13.7. The van der Waals surface area contributed by atoms with Crippen molar-refractivity contribution in [3.05, 3.63) is 58.1 Å². The summed E-state index contributed by atoms with van der Waals surface area (Å²) < 4.78 is 12.4. The summed E-state index contributed by atoms with van der Waals surface area (Å²) in [5, 5.41) is 0. The first kappa shape index (κ1) is 16.5. The van der Waals surface area contributed by atoms with Crippen molar-refractivity contribution in [1.82, 2.24) is 4.90 Å². The molecule has 4 rings (SSSR count). The van der Waals surface area contributed by atoms with Crippen LogP contribution >= 0.6 is 15.9 Å². The summed E-state index contributed by atoms with van der Waals surface area (Å²) >= 11 is 3.45. The second-order valence-corrected chi connectivity index (χ2v) is 7.34. The van der Waals surface area contributed by atoms with E-state index in [0.717, 1.165) is 52.9 Å². The minimum absolute atomic E-state index is 0.0795. The van der Waals surface area contributed by atoms with Gasteiger partial charge in [-0.3, -0.25) is 4.79 Å². The van der Waals surface area contributed by atoms with Gasteiger partial charge in [-0.1, -0.05) is 28.1 Å². The highest BCUT2D eigenvalue weighted by atomic mass is 79.9. The zero-order valence-corrected chi connectivity index (χ0v) is 15.5. The van der Waals surface area contributed by atoms with Crippen molar-refractivity contribution in [2.75, 3.05) is 19.8 Å². The van der Waals surface area contributed by atoms with Crippen LogP contribution in [0, 0.1) is 0 Å². The van der Waals surface area contributed by atoms with Gasteiger partial charge in [0.05, 0.1) is 19.3 Å². The van der Waals surface area contributed by atoms with E-state index in [2.05, 4.69) is 22.0 Å². The van der Waals surface area contributed by atoms with Crippen LogP contribution < -0.4 is 9.47 Å². The fraction of sp³-hybridized carbons (Fsp3) is 0.350. The molecule has 0 spiro atoms. The lowest BCUT2D eigenvalue weighted by Crippen LogP contribution is -2.30. The van der Waals surface area contributed by atoms with Crippen LogP contribution in [0.3, 0.4) is 0 Å². The molecule has 0 saturated carbocycles. The molecular formula is C20H20BrNO3. The van der Waals surface area contributed by atoms with Gasteiger partial charge in [0.1, 0.15) is 0 Å². The van der Waals surface area contributed by atoms with E-state index in [0.29, 0.717) is 13.2 Å². The van der Waals surface area contributed by atoms with Crippen LogP contribution in [0.1, 0.15) is 41.2 Å². The maximum atomic E-state index is 13.0. The first-order chi connectivity index (χ1) is 12.2. The predicted molar refractivity (Wildman–Crippen MR) is 99.2 cm³/mol. The van der Waals surface area contributed by atoms with Crippen LogP contribution in [0.25, 0.3) is 0 Å². The summed E-state index contributed by atoms with van der Waals surface area (Å²) in [4.78, 5) is 14.9. The summed E-state index contributed by atoms with van der Waals surface area (Å²) in [7, 11) is 0. The van der Waals surface area contributed by atoms with Crippen molar-refractivity contribution in [3.8, 4) is 11.5 Å². The average Bonchev–Trinajstić information content (AvgIpc) is 2.99. The largest absolute Gasteiger partial charge is 0.490 e. The highest BCUT2D eigenvalue weighted by Gasteiger charge is 2.31. The van der Waals surface area contributed by atoms with Gasteiger partial charge < -0.3 is 14.4 Å². The Hall–Kier alpha value is -2.01. The minimum Gasteiger partial charge on any atom is -0.490 e. The molecule has 130 valence electrons. The maximum absolute atomic E-state index is 13.0. The van der Waals surface area contributed by atoms with Crippen LogP contribution in [0.2, 0.25) is 0 Å². The Kier molecular flexibility index (Phi) is 4.66. The van der Waals surface area contributed by atoms with E-state index >= 15 is 0 Å². The average molecular weight is 402 g/mol. The van der Waals surface area contributed by atoms with Crippen molar-refractivity contribution >= 4 is 21.8 Å². The first-order valence-electron chi connectivity index (χ1n) is 8.68. The Morgan fingerprint density at radius 1 is 1.04 bits per heavy atom. The lowest BCUT2D eigenvalue weighted by molar-refractivity contribution is 0.0735. The maximum Gasteiger partial charge on any atom is 0.254 e. The monoisotopic (exact) mass is 401 g/mol. The second-order valence-electron chi connectivity index (χ2n) is 6.42. The molecule has 0 unspecified atom stereocenters. The number of hydrogen-bond acceptors (Lipinski definition) is 3. The molecule has 0 aromatic heterocycles. The van der Waals surface area contributed by atoms with Crippen molar-refractivity contribution in [1.29, 1.82) is 0 Å². The van der Waals surface area contributed by atoms with Gasteiger partial charge >= 0.3 is 0 Å². The Labute approximate surface area is 155 Å². The number of likely N-dealkylation sites (tertiary alicyclic amines) is 1. The van der Waals surface area contributed by atoms with Crippen LogP contribution in [0.15, 0.2) is 46.9 Å². The molecular weight excluding hydrogens is 382 g/mol. The quantitative estimate of drug-likeness (QED) is 0.738. The molecule has 2 aromatic rings. The molecule has 1 atom stereocenters. The number of nitrogens with zero attached hydrogens (tertiary/aromatic N) is 1. The number of carbonyl (C=O) groups is 1. The van der Waals surface area contributed by atoms with Crippen LogP contribution in [-0.2, 0) is 0 Å². The molecule has 0 aliphatic carbocycles. The van der Waals surface area contributed by atoms with E-state index < -0.39 is 0 Å². The van der Waals surface area contributed by atoms with Crippen molar-refractivity contribution in [2.24, 2.45) is 0 Å². The van der Waals surface area contributed by atoms with E-state index in [9.17, 15) is 4.79 Å². The summed E-state index contributed by atoms with van der Waals surface area (Å²) in [5.41, 5.74) is 1.83. The van der Waals surface area contributed by atoms with E-state index in [1.165, 1.54) is 0 Å². The summed E-state index contributed by atoms with van der Waals surface area (Å²) in [6.45, 7) is 2.13. The normalized spacial score (nSPS) is 19.6. The molecule has 4 nitrogen and oxygen atoms in total. The molecule has 2 aromatic carbocycles. The molecule has 1 fully saturated rings. The Balaban J connectivity index is 1.61. The van der Waals surface area contributed by atoms with Gasteiger partial charge in [0.2, 0.25) is 0 Å². The number of carbonyl (C=O) groups excluding carboxylic acids is 1. The van der Waals surface area contributed by atoms with Crippen LogP contribution in [0.5, 0.6) is 11.5 Å². The van der Waals surface area contributed by atoms with E-state index in [4.69, 9.17) is 9.47 Å². The van der Waals surface area contributed by atoms with E-state index in [1.54, 1.807) is 0 Å². The molecule has 2 aliphatic rings. The number of fused-ring (bicyclic) bond motifs is 1. The SMILES string of the molecule is O=C(c1cccc(Br)c1)N1CCC[C@H]1c1ccc2c(c1)OCCCO2. The van der Waals surface area contributed by atoms with Crippen molar-refractivity contribution in [3.63, 3.8) is 0 Å². The fourth-order valence-electron chi connectivity index (χ4n) is 3.53. The van der Waals surface area contributed by atoms with Crippen LogP contribution in [0.4, 0.5) is 0 Å².